The Labute approximate surface area is 126 Å². The normalized spacial score (nSPS) is 10.6. The minimum Gasteiger partial charge on any atom is -0.326 e. The fourth-order valence-corrected chi connectivity index (χ4v) is 2.55. The number of rotatable bonds is 4. The highest BCUT2D eigenvalue weighted by molar-refractivity contribution is 7.09. The number of hydrogen-bond acceptors (Lipinski definition) is 6. The summed E-state index contributed by atoms with van der Waals surface area (Å²) in [5.74, 6) is 0.548. The van der Waals surface area contributed by atoms with Crippen molar-refractivity contribution in [3.05, 3.63) is 52.5 Å². The topological polar surface area (TPSA) is 76.7 Å². The van der Waals surface area contributed by atoms with Gasteiger partial charge >= 0.3 is 0 Å². The summed E-state index contributed by atoms with van der Waals surface area (Å²) in [6.07, 6.45) is 1.73. The van der Waals surface area contributed by atoms with Gasteiger partial charge in [0.25, 0.3) is 0 Å². The van der Waals surface area contributed by atoms with Gasteiger partial charge in [0.15, 0.2) is 0 Å². The van der Waals surface area contributed by atoms with Gasteiger partial charge in [0.05, 0.1) is 10.7 Å². The van der Waals surface area contributed by atoms with Crippen LogP contribution in [0.3, 0.4) is 0 Å². The minimum atomic E-state index is 0.508. The maximum Gasteiger partial charge on any atom is 0.227 e. The summed E-state index contributed by atoms with van der Waals surface area (Å²) >= 11 is 1.61. The van der Waals surface area contributed by atoms with E-state index in [4.69, 9.17) is 5.73 Å². The van der Waals surface area contributed by atoms with E-state index in [0.29, 0.717) is 12.5 Å². The lowest BCUT2D eigenvalue weighted by molar-refractivity contribution is 1.07. The van der Waals surface area contributed by atoms with Crippen molar-refractivity contribution in [2.45, 2.75) is 13.5 Å². The van der Waals surface area contributed by atoms with Gasteiger partial charge in [0.2, 0.25) is 5.95 Å². The van der Waals surface area contributed by atoms with Crippen molar-refractivity contribution < 1.29 is 0 Å². The molecule has 0 radical (unpaired) electrons. The van der Waals surface area contributed by atoms with Crippen LogP contribution >= 0.6 is 11.3 Å². The summed E-state index contributed by atoms with van der Waals surface area (Å²) in [6, 6.07) is 9.75. The van der Waals surface area contributed by atoms with Crippen LogP contribution < -0.4 is 11.1 Å². The molecule has 0 spiro atoms. The van der Waals surface area contributed by atoms with Crippen molar-refractivity contribution in [3.63, 3.8) is 0 Å². The number of benzene rings is 1. The quantitative estimate of drug-likeness (QED) is 0.773. The molecular weight excluding hydrogens is 282 g/mol. The second-order valence-corrected chi connectivity index (χ2v) is 5.61. The first-order chi connectivity index (χ1) is 10.2. The van der Waals surface area contributed by atoms with E-state index in [1.807, 2.05) is 42.6 Å². The van der Waals surface area contributed by atoms with Crippen molar-refractivity contribution in [2.24, 2.45) is 5.73 Å². The van der Waals surface area contributed by atoms with E-state index in [1.165, 1.54) is 0 Å². The van der Waals surface area contributed by atoms with Gasteiger partial charge in [-0.25, -0.2) is 15.0 Å². The predicted octanol–water partition coefficient (Wildman–Crippen LogP) is 3.11. The molecule has 0 unspecified atom stereocenters. The van der Waals surface area contributed by atoms with Crippen molar-refractivity contribution >= 4 is 23.0 Å². The molecule has 0 bridgehead atoms. The van der Waals surface area contributed by atoms with Gasteiger partial charge < -0.3 is 11.1 Å². The van der Waals surface area contributed by atoms with Gasteiger partial charge in [-0.2, -0.15) is 0 Å². The molecule has 0 aliphatic carbocycles. The number of hydrogen-bond donors (Lipinski definition) is 2. The Kier molecular flexibility index (Phi) is 3.89. The maximum absolute atomic E-state index is 5.65. The first-order valence-electron chi connectivity index (χ1n) is 6.56. The summed E-state index contributed by atoms with van der Waals surface area (Å²) in [6.45, 7) is 2.49. The number of nitrogens with two attached hydrogens (primary N) is 1. The molecule has 106 valence electrons. The summed E-state index contributed by atoms with van der Waals surface area (Å²) in [5.41, 5.74) is 9.32. The zero-order chi connectivity index (χ0) is 14.7. The highest BCUT2D eigenvalue weighted by Crippen LogP contribution is 2.21. The van der Waals surface area contributed by atoms with E-state index in [1.54, 1.807) is 17.5 Å². The van der Waals surface area contributed by atoms with E-state index in [-0.39, 0.29) is 0 Å². The monoisotopic (exact) mass is 297 g/mol. The molecule has 0 aliphatic rings. The summed E-state index contributed by atoms with van der Waals surface area (Å²) in [4.78, 5) is 13.2. The Bertz CT molecular complexity index is 753. The Hall–Kier alpha value is -2.31. The Morgan fingerprint density at radius 2 is 2.10 bits per heavy atom. The molecule has 0 atom stereocenters. The zero-order valence-corrected chi connectivity index (χ0v) is 12.4. The van der Waals surface area contributed by atoms with Crippen LogP contribution in [-0.2, 0) is 6.54 Å². The minimum absolute atomic E-state index is 0.508. The number of nitrogens with one attached hydrogen (secondary N) is 1. The molecule has 21 heavy (non-hydrogen) atoms. The Morgan fingerprint density at radius 3 is 2.86 bits per heavy atom. The SMILES string of the molecule is Cc1nc(-c2ccnc(Nc3cccc(CN)c3)n2)cs1. The third-order valence-electron chi connectivity index (χ3n) is 2.96. The van der Waals surface area contributed by atoms with Crippen LogP contribution in [0.15, 0.2) is 41.9 Å². The van der Waals surface area contributed by atoms with Gasteiger partial charge in [-0.05, 0) is 30.7 Å². The highest BCUT2D eigenvalue weighted by atomic mass is 32.1. The lowest BCUT2D eigenvalue weighted by Gasteiger charge is -2.07. The van der Waals surface area contributed by atoms with E-state index in [2.05, 4.69) is 20.3 Å². The van der Waals surface area contributed by atoms with Crippen LogP contribution in [0.1, 0.15) is 10.6 Å². The maximum atomic E-state index is 5.65. The molecule has 0 saturated heterocycles. The molecule has 3 aromatic rings. The molecule has 1 aromatic carbocycles. The zero-order valence-electron chi connectivity index (χ0n) is 11.6. The van der Waals surface area contributed by atoms with Gasteiger partial charge in [0.1, 0.15) is 5.69 Å². The van der Waals surface area contributed by atoms with Gasteiger partial charge in [-0.15, -0.1) is 11.3 Å². The molecule has 2 heterocycles. The smallest absolute Gasteiger partial charge is 0.227 e. The lowest BCUT2D eigenvalue weighted by Crippen LogP contribution is -2.00. The molecule has 0 saturated carbocycles. The fourth-order valence-electron chi connectivity index (χ4n) is 1.95. The lowest BCUT2D eigenvalue weighted by atomic mass is 10.2. The van der Waals surface area contributed by atoms with Gasteiger partial charge in [0, 0.05) is 23.8 Å². The molecule has 0 fully saturated rings. The van der Waals surface area contributed by atoms with E-state index >= 15 is 0 Å². The van der Waals surface area contributed by atoms with Crippen LogP contribution in [0.5, 0.6) is 0 Å². The van der Waals surface area contributed by atoms with Crippen molar-refractivity contribution in [3.8, 4) is 11.4 Å². The van der Waals surface area contributed by atoms with Gasteiger partial charge in [-0.1, -0.05) is 12.1 Å². The predicted molar refractivity (Wildman–Crippen MR) is 85.5 cm³/mol. The number of aromatic nitrogens is 3. The molecule has 5 nitrogen and oxygen atoms in total. The van der Waals surface area contributed by atoms with Crippen LogP contribution in [0, 0.1) is 6.92 Å². The van der Waals surface area contributed by atoms with E-state index in [0.717, 1.165) is 27.6 Å². The summed E-state index contributed by atoms with van der Waals surface area (Å²) in [5, 5.41) is 6.21. The third kappa shape index (κ3) is 3.24. The molecule has 6 heteroatoms. The van der Waals surface area contributed by atoms with Crippen LogP contribution in [0.4, 0.5) is 11.6 Å². The van der Waals surface area contributed by atoms with E-state index < -0.39 is 0 Å². The van der Waals surface area contributed by atoms with Crippen LogP contribution in [0.25, 0.3) is 11.4 Å². The first-order valence-corrected chi connectivity index (χ1v) is 7.44. The highest BCUT2D eigenvalue weighted by Gasteiger charge is 2.06. The average molecular weight is 297 g/mol. The molecule has 3 rings (SSSR count). The summed E-state index contributed by atoms with van der Waals surface area (Å²) in [7, 11) is 0. The van der Waals surface area contributed by atoms with Crippen molar-refractivity contribution in [2.75, 3.05) is 5.32 Å². The molecule has 0 aliphatic heterocycles. The van der Waals surface area contributed by atoms with E-state index in [9.17, 15) is 0 Å². The van der Waals surface area contributed by atoms with Crippen molar-refractivity contribution in [1.29, 1.82) is 0 Å². The largest absolute Gasteiger partial charge is 0.326 e. The van der Waals surface area contributed by atoms with Crippen molar-refractivity contribution in [1.82, 2.24) is 15.0 Å². The summed E-state index contributed by atoms with van der Waals surface area (Å²) < 4.78 is 0. The first kappa shape index (κ1) is 13.7. The Morgan fingerprint density at radius 1 is 1.19 bits per heavy atom. The third-order valence-corrected chi connectivity index (χ3v) is 3.73. The molecular formula is C15H15N5S. The number of anilines is 2. The Balaban J connectivity index is 1.86. The molecule has 0 amide bonds. The van der Waals surface area contributed by atoms with Crippen LogP contribution in [-0.4, -0.2) is 15.0 Å². The number of thiazole rings is 1. The standard InChI is InChI=1S/C15H15N5S/c1-10-18-14(9-21-10)13-5-6-17-15(20-13)19-12-4-2-3-11(7-12)8-16/h2-7,9H,8,16H2,1H3,(H,17,19,20). The second kappa shape index (κ2) is 5.99. The number of aryl methyl sites for hydroxylation is 1. The van der Waals surface area contributed by atoms with Gasteiger partial charge in [-0.3, -0.25) is 0 Å². The average Bonchev–Trinajstić information content (AvgIpc) is 2.94. The molecule has 3 N–H and O–H groups in total. The van der Waals surface area contributed by atoms with Crippen LogP contribution in [0.2, 0.25) is 0 Å². The fraction of sp³-hybridized carbons (Fsp3) is 0.133. The second-order valence-electron chi connectivity index (χ2n) is 4.55. The number of nitrogens with zero attached hydrogens (tertiary/aromatic N) is 3. The molecule has 2 aromatic heterocycles.